The van der Waals surface area contributed by atoms with Gasteiger partial charge >= 0.3 is 6.03 Å². The smallest absolute Gasteiger partial charge is 0.323 e. The van der Waals surface area contributed by atoms with Crippen molar-refractivity contribution in [3.05, 3.63) is 53.3 Å². The van der Waals surface area contributed by atoms with E-state index in [2.05, 4.69) is 92.1 Å². The van der Waals surface area contributed by atoms with Gasteiger partial charge in [-0.15, -0.1) is 75.8 Å². The fourth-order valence-electron chi connectivity index (χ4n) is 4.16. The molecule has 0 atom stereocenters. The highest BCUT2D eigenvalue weighted by molar-refractivity contribution is 8.16. The van der Waals surface area contributed by atoms with E-state index >= 15 is 0 Å². The van der Waals surface area contributed by atoms with E-state index in [-0.39, 0.29) is 11.4 Å². The number of hydrogen-bond donors (Lipinski definition) is 7. The highest BCUT2D eigenvalue weighted by atomic mass is 32.2. The first kappa shape index (κ1) is 27.4. The van der Waals surface area contributed by atoms with Gasteiger partial charge in [-0.2, -0.15) is 5.26 Å². The number of rotatable bonds is 5. The van der Waals surface area contributed by atoms with E-state index in [4.69, 9.17) is 9.72 Å². The molecule has 37 heavy (non-hydrogen) atoms. The summed E-state index contributed by atoms with van der Waals surface area (Å²) in [4.78, 5) is 24.7. The molecule has 2 aliphatic heterocycles. The lowest BCUT2D eigenvalue weighted by Gasteiger charge is -2.54. The van der Waals surface area contributed by atoms with Crippen molar-refractivity contribution >= 4 is 98.3 Å². The molecular weight excluding hydrogens is 603 g/mol. The maximum Gasteiger partial charge on any atom is 0.323 e. The molecule has 0 saturated carbocycles. The third-order valence-corrected chi connectivity index (χ3v) is 8.43. The number of carbonyl (C=O) groups is 1. The van der Waals surface area contributed by atoms with Gasteiger partial charge in [-0.1, -0.05) is 23.5 Å². The number of nitrogens with zero attached hydrogens (tertiary/aromatic N) is 4. The summed E-state index contributed by atoms with van der Waals surface area (Å²) in [6.07, 6.45) is 0. The minimum Gasteiger partial charge on any atom is -0.380 e. The highest BCUT2D eigenvalue weighted by Crippen LogP contribution is 2.46. The second kappa shape index (κ2) is 10.1. The van der Waals surface area contributed by atoms with Crippen LogP contribution < -0.4 is 5.32 Å². The van der Waals surface area contributed by atoms with Crippen molar-refractivity contribution in [2.75, 3.05) is 31.6 Å². The third kappa shape index (κ3) is 5.74. The molecule has 5 rings (SSSR count). The molecule has 0 radical (unpaired) electrons. The number of thiol groups is 6. The number of aromatic nitrogens is 2. The molecule has 2 saturated heterocycles. The topological polar surface area (TPSA) is 91.1 Å². The zero-order chi connectivity index (χ0) is 26.6. The molecule has 2 amide bonds. The van der Waals surface area contributed by atoms with Crippen LogP contribution in [-0.2, 0) is 11.6 Å². The molecule has 0 bridgehead atoms. The molecule has 4 heterocycles. The molecule has 192 valence electrons. The van der Waals surface area contributed by atoms with Gasteiger partial charge in [0.1, 0.15) is 6.82 Å². The minimum absolute atomic E-state index is 0.107. The lowest BCUT2D eigenvalue weighted by Crippen LogP contribution is -2.67. The van der Waals surface area contributed by atoms with Gasteiger partial charge in [-0.25, -0.2) is 9.78 Å². The molecule has 7 nitrogen and oxygen atoms in total. The van der Waals surface area contributed by atoms with Crippen LogP contribution in [0, 0.1) is 16.7 Å². The first-order chi connectivity index (χ1) is 17.4. The number of anilines is 1. The van der Waals surface area contributed by atoms with Gasteiger partial charge in [0.2, 0.25) is 0 Å². The average Bonchev–Trinajstić information content (AvgIpc) is 3.19. The Bertz CT molecular complexity index is 1380. The van der Waals surface area contributed by atoms with E-state index in [1.165, 1.54) is 11.3 Å². The van der Waals surface area contributed by atoms with E-state index < -0.39 is 6.82 Å². The molecule has 1 spiro atoms. The number of hydrogen-bond acceptors (Lipinski definition) is 12. The Morgan fingerprint density at radius 1 is 1.03 bits per heavy atom. The van der Waals surface area contributed by atoms with Crippen LogP contribution in [0.3, 0.4) is 0 Å². The Morgan fingerprint density at radius 3 is 2.22 bits per heavy atom. The summed E-state index contributed by atoms with van der Waals surface area (Å²) in [5.74, 6) is 0. The Balaban J connectivity index is 1.57. The number of carbonyl (C=O) groups excluding carboxylic acids is 1. The van der Waals surface area contributed by atoms with Gasteiger partial charge < -0.3 is 9.64 Å². The van der Waals surface area contributed by atoms with Crippen LogP contribution in [0.4, 0.5) is 9.93 Å². The molecule has 0 aliphatic carbocycles. The van der Waals surface area contributed by atoms with Crippen molar-refractivity contribution in [2.45, 2.75) is 6.82 Å². The van der Waals surface area contributed by atoms with Gasteiger partial charge in [0.05, 0.1) is 52.2 Å². The molecule has 2 aromatic heterocycles. The first-order valence-corrected chi connectivity index (χ1v) is 14.4. The van der Waals surface area contributed by atoms with Crippen LogP contribution in [0.25, 0.3) is 21.7 Å². The zero-order valence-electron chi connectivity index (χ0n) is 19.0. The third-order valence-electron chi connectivity index (χ3n) is 6.04. The van der Waals surface area contributed by atoms with E-state index in [1.807, 2.05) is 6.07 Å². The summed E-state index contributed by atoms with van der Waals surface area (Å²) in [6, 6.07) is 12.7. The zero-order valence-corrected chi connectivity index (χ0v) is 25.2. The Morgan fingerprint density at radius 2 is 1.68 bits per heavy atom. The normalized spacial score (nSPS) is 16.6. The van der Waals surface area contributed by atoms with Gasteiger partial charge in [0.15, 0.2) is 5.13 Å². The number of nitriles is 1. The summed E-state index contributed by atoms with van der Waals surface area (Å²) in [5.41, 5.74) is 3.53. The predicted molar refractivity (Wildman–Crippen MR) is 167 cm³/mol. The van der Waals surface area contributed by atoms with E-state index in [1.54, 1.807) is 35.2 Å². The number of pyridine rings is 1. The van der Waals surface area contributed by atoms with Crippen LogP contribution >= 0.6 is 87.1 Å². The maximum absolute atomic E-state index is 12.9. The maximum atomic E-state index is 12.9. The monoisotopic (exact) mass is 623 g/mol. The van der Waals surface area contributed by atoms with Crippen LogP contribution in [0.2, 0.25) is 0 Å². The lowest BCUT2D eigenvalue weighted by molar-refractivity contribution is -0.174. The second-order valence-electron chi connectivity index (χ2n) is 9.07. The van der Waals surface area contributed by atoms with Crippen molar-refractivity contribution in [3.63, 3.8) is 0 Å². The fourth-order valence-corrected chi connectivity index (χ4v) is 5.81. The van der Waals surface area contributed by atoms with Crippen molar-refractivity contribution in [1.29, 1.82) is 5.26 Å². The molecule has 1 aromatic carbocycles. The molecule has 2 fully saturated rings. The van der Waals surface area contributed by atoms with Crippen LogP contribution in [0.1, 0.15) is 17.0 Å². The number of benzene rings is 1. The molecule has 14 heteroatoms. The number of ether oxygens (including phenoxy) is 1. The standard InChI is InChI=1S/C23H21N5O2S7/c24-7-12-2-1-3-13(4-12)17-18(14-5-15(22(31,32)33)25-16(6-14)23(34,35)36)37-19(26-17)27-20(29)28-8-21(9-28)10-30-11-21/h1-6,31-36H,8-11H2,(H,26,27,29). The van der Waals surface area contributed by atoms with E-state index in [0.29, 0.717) is 59.6 Å². The van der Waals surface area contributed by atoms with Crippen molar-refractivity contribution < 1.29 is 9.53 Å². The summed E-state index contributed by atoms with van der Waals surface area (Å²) < 4.78 is 2.98. The van der Waals surface area contributed by atoms with Gasteiger partial charge in [-0.3, -0.25) is 10.3 Å². The van der Waals surface area contributed by atoms with Crippen molar-refractivity contribution in [1.82, 2.24) is 14.9 Å². The lowest BCUT2D eigenvalue weighted by atomic mass is 9.78. The Kier molecular flexibility index (Phi) is 7.47. The minimum atomic E-state index is -1.16. The first-order valence-electron chi connectivity index (χ1n) is 10.9. The highest BCUT2D eigenvalue weighted by Gasteiger charge is 2.50. The number of amides is 2. The molecule has 2 aliphatic rings. The molecular formula is C23H21N5O2S7. The summed E-state index contributed by atoms with van der Waals surface area (Å²) >= 11 is 28.0. The Hall–Kier alpha value is -1.18. The summed E-state index contributed by atoms with van der Waals surface area (Å²) in [6.45, 7) is 2.70. The van der Waals surface area contributed by atoms with Crippen LogP contribution in [-0.4, -0.2) is 47.2 Å². The number of thiazole rings is 1. The quantitative estimate of drug-likeness (QED) is 0.153. The number of urea groups is 1. The van der Waals surface area contributed by atoms with E-state index in [0.717, 1.165) is 10.4 Å². The van der Waals surface area contributed by atoms with Crippen LogP contribution in [0.15, 0.2) is 36.4 Å². The van der Waals surface area contributed by atoms with E-state index in [9.17, 15) is 10.1 Å². The SMILES string of the molecule is N#Cc1cccc(-c2nc(NC(=O)N3CC4(COC4)C3)sc2-c2cc(C(S)(S)S)nc(C(S)(S)S)c2)c1. The van der Waals surface area contributed by atoms with Crippen molar-refractivity contribution in [2.24, 2.45) is 5.41 Å². The fraction of sp³-hybridized carbons (Fsp3) is 0.304. The molecule has 3 aromatic rings. The Labute approximate surface area is 251 Å². The summed E-state index contributed by atoms with van der Waals surface area (Å²) in [5, 5.41) is 12.8. The van der Waals surface area contributed by atoms with Gasteiger partial charge in [-0.05, 0) is 29.8 Å². The van der Waals surface area contributed by atoms with Crippen LogP contribution in [0.5, 0.6) is 0 Å². The summed E-state index contributed by atoms with van der Waals surface area (Å²) in [7, 11) is 0. The average molecular weight is 624 g/mol. The second-order valence-corrected chi connectivity index (χ2v) is 16.2. The molecule has 1 N–H and O–H groups in total. The van der Waals surface area contributed by atoms with Gasteiger partial charge in [0, 0.05) is 18.7 Å². The number of nitrogens with one attached hydrogen (secondary N) is 1. The van der Waals surface area contributed by atoms with Crippen molar-refractivity contribution in [3.8, 4) is 27.8 Å². The molecule has 0 unspecified atom stereocenters. The largest absolute Gasteiger partial charge is 0.380 e. The number of likely N-dealkylation sites (tertiary alicyclic amines) is 1. The van der Waals surface area contributed by atoms with Gasteiger partial charge in [0.25, 0.3) is 0 Å². The predicted octanol–water partition coefficient (Wildman–Crippen LogP) is 5.41.